The number of hydrogen-bond acceptors (Lipinski definition) is 5. The maximum atomic E-state index is 12.9. The van der Waals surface area contributed by atoms with E-state index in [1.54, 1.807) is 29.7 Å². The standard InChI is InChI=1S/C22H25N3O3S/c1-5-28-17-12-10-16(11-13-17)23-20(26)15(4)29-22-24-19-9-7-6-8-18(19)21(27)25(22)14(2)3/h6-15H,5H2,1-4H3,(H,23,26)/t15-/m1/s1. The number of aromatic nitrogens is 2. The van der Waals surface area contributed by atoms with Crippen LogP contribution in [0, 0.1) is 0 Å². The molecule has 7 heteroatoms. The molecule has 0 radical (unpaired) electrons. The first kappa shape index (κ1) is 20.9. The molecule has 1 atom stereocenters. The van der Waals surface area contributed by atoms with E-state index in [1.807, 2.05) is 51.1 Å². The van der Waals surface area contributed by atoms with Gasteiger partial charge in [0.2, 0.25) is 5.91 Å². The van der Waals surface area contributed by atoms with Crippen molar-refractivity contribution in [3.63, 3.8) is 0 Å². The number of carbonyl (C=O) groups excluding carboxylic acids is 1. The fraction of sp³-hybridized carbons (Fsp3) is 0.318. The van der Waals surface area contributed by atoms with Gasteiger partial charge in [-0.1, -0.05) is 23.9 Å². The van der Waals surface area contributed by atoms with E-state index in [9.17, 15) is 9.59 Å². The van der Waals surface area contributed by atoms with Crippen LogP contribution in [0.4, 0.5) is 5.69 Å². The monoisotopic (exact) mass is 411 g/mol. The third-order valence-electron chi connectivity index (χ3n) is 4.38. The van der Waals surface area contributed by atoms with Crippen LogP contribution >= 0.6 is 11.8 Å². The van der Waals surface area contributed by atoms with Gasteiger partial charge in [0.15, 0.2) is 5.16 Å². The van der Waals surface area contributed by atoms with Crippen molar-refractivity contribution in [1.82, 2.24) is 9.55 Å². The molecule has 3 rings (SSSR count). The predicted molar refractivity (Wildman–Crippen MR) is 118 cm³/mol. The van der Waals surface area contributed by atoms with Crippen LogP contribution in [0.1, 0.15) is 33.7 Å². The molecule has 0 saturated heterocycles. The lowest BCUT2D eigenvalue weighted by Crippen LogP contribution is -2.28. The minimum absolute atomic E-state index is 0.0662. The molecule has 29 heavy (non-hydrogen) atoms. The second kappa shape index (κ2) is 9.13. The smallest absolute Gasteiger partial charge is 0.262 e. The minimum atomic E-state index is -0.431. The molecule has 152 valence electrons. The highest BCUT2D eigenvalue weighted by Crippen LogP contribution is 2.26. The molecule has 1 N–H and O–H groups in total. The number of nitrogens with zero attached hydrogens (tertiary/aromatic N) is 2. The van der Waals surface area contributed by atoms with Gasteiger partial charge < -0.3 is 10.1 Å². The zero-order valence-electron chi connectivity index (χ0n) is 17.0. The van der Waals surface area contributed by atoms with Gasteiger partial charge in [0.1, 0.15) is 5.75 Å². The second-order valence-corrected chi connectivity index (χ2v) is 8.20. The van der Waals surface area contributed by atoms with E-state index in [-0.39, 0.29) is 17.5 Å². The quantitative estimate of drug-likeness (QED) is 0.458. The fourth-order valence-corrected chi connectivity index (χ4v) is 3.96. The number of hydrogen-bond donors (Lipinski definition) is 1. The Morgan fingerprint density at radius 1 is 1.14 bits per heavy atom. The van der Waals surface area contributed by atoms with Crippen LogP contribution in [-0.4, -0.2) is 27.3 Å². The van der Waals surface area contributed by atoms with Gasteiger partial charge in [-0.25, -0.2) is 4.98 Å². The molecule has 0 aliphatic rings. The third-order valence-corrected chi connectivity index (χ3v) is 5.44. The molecule has 3 aromatic rings. The largest absolute Gasteiger partial charge is 0.494 e. The van der Waals surface area contributed by atoms with Gasteiger partial charge in [-0.05, 0) is 64.1 Å². The molecule has 0 spiro atoms. The number of benzene rings is 2. The van der Waals surface area contributed by atoms with Crippen molar-refractivity contribution in [2.24, 2.45) is 0 Å². The van der Waals surface area contributed by atoms with Crippen LogP contribution in [0.3, 0.4) is 0 Å². The first-order valence-electron chi connectivity index (χ1n) is 9.62. The Kier molecular flexibility index (Phi) is 6.59. The highest BCUT2D eigenvalue weighted by Gasteiger charge is 2.20. The average molecular weight is 412 g/mol. The average Bonchev–Trinajstić information content (AvgIpc) is 2.69. The van der Waals surface area contributed by atoms with E-state index in [1.165, 1.54) is 11.8 Å². The van der Waals surface area contributed by atoms with Crippen molar-refractivity contribution in [3.8, 4) is 5.75 Å². The topological polar surface area (TPSA) is 73.2 Å². The van der Waals surface area contributed by atoms with Gasteiger partial charge >= 0.3 is 0 Å². The summed E-state index contributed by atoms with van der Waals surface area (Å²) in [5, 5.41) is 3.59. The van der Waals surface area contributed by atoms with Crippen molar-refractivity contribution in [3.05, 3.63) is 58.9 Å². The molecule has 6 nitrogen and oxygen atoms in total. The SMILES string of the molecule is CCOc1ccc(NC(=O)[C@@H](C)Sc2nc3ccccc3c(=O)n2C(C)C)cc1. The molecule has 0 unspecified atom stereocenters. The summed E-state index contributed by atoms with van der Waals surface area (Å²) in [6.45, 7) is 8.20. The molecule has 1 amide bonds. The minimum Gasteiger partial charge on any atom is -0.494 e. The van der Waals surface area contributed by atoms with Crippen LogP contribution in [0.25, 0.3) is 10.9 Å². The normalized spacial score (nSPS) is 12.2. The van der Waals surface area contributed by atoms with Gasteiger partial charge in [0.05, 0.1) is 22.8 Å². The number of para-hydroxylation sites is 1. The molecular formula is C22H25N3O3S. The Hall–Kier alpha value is -2.80. The second-order valence-electron chi connectivity index (χ2n) is 6.89. The maximum Gasteiger partial charge on any atom is 0.262 e. The van der Waals surface area contributed by atoms with Gasteiger partial charge in [-0.2, -0.15) is 0 Å². The summed E-state index contributed by atoms with van der Waals surface area (Å²) < 4.78 is 7.06. The third kappa shape index (κ3) is 4.79. The molecule has 0 saturated carbocycles. The highest BCUT2D eigenvalue weighted by molar-refractivity contribution is 8.00. The highest BCUT2D eigenvalue weighted by atomic mass is 32.2. The predicted octanol–water partition coefficient (Wildman–Crippen LogP) is 4.50. The lowest BCUT2D eigenvalue weighted by Gasteiger charge is -2.18. The number of amides is 1. The first-order chi connectivity index (χ1) is 13.9. The Morgan fingerprint density at radius 3 is 2.48 bits per heavy atom. The van der Waals surface area contributed by atoms with Crippen molar-refractivity contribution < 1.29 is 9.53 Å². The summed E-state index contributed by atoms with van der Waals surface area (Å²) >= 11 is 1.28. The number of anilines is 1. The lowest BCUT2D eigenvalue weighted by molar-refractivity contribution is -0.115. The van der Waals surface area contributed by atoms with Gasteiger partial charge in [0.25, 0.3) is 5.56 Å². The molecule has 0 aliphatic heterocycles. The summed E-state index contributed by atoms with van der Waals surface area (Å²) in [4.78, 5) is 30.2. The van der Waals surface area contributed by atoms with E-state index in [0.717, 1.165) is 5.75 Å². The Bertz CT molecular complexity index is 1060. The number of rotatable bonds is 7. The molecule has 1 heterocycles. The van der Waals surface area contributed by atoms with E-state index >= 15 is 0 Å². The number of nitrogens with one attached hydrogen (secondary N) is 1. The first-order valence-corrected chi connectivity index (χ1v) is 10.5. The molecule has 1 aromatic heterocycles. The zero-order chi connectivity index (χ0) is 21.0. The van der Waals surface area contributed by atoms with Crippen molar-refractivity contribution in [2.75, 3.05) is 11.9 Å². The van der Waals surface area contributed by atoms with Crippen LogP contribution in [0.2, 0.25) is 0 Å². The van der Waals surface area contributed by atoms with Crippen LogP contribution in [-0.2, 0) is 4.79 Å². The summed E-state index contributed by atoms with van der Waals surface area (Å²) in [7, 11) is 0. The van der Waals surface area contributed by atoms with E-state index in [0.29, 0.717) is 28.4 Å². The fourth-order valence-electron chi connectivity index (χ4n) is 2.92. The molecule has 0 aliphatic carbocycles. The number of thioether (sulfide) groups is 1. The molecule has 2 aromatic carbocycles. The van der Waals surface area contributed by atoms with E-state index < -0.39 is 5.25 Å². The maximum absolute atomic E-state index is 12.9. The molecule has 0 fully saturated rings. The van der Waals surface area contributed by atoms with Crippen molar-refractivity contribution in [2.45, 2.75) is 44.1 Å². The van der Waals surface area contributed by atoms with E-state index in [4.69, 9.17) is 4.74 Å². The van der Waals surface area contributed by atoms with Gasteiger partial charge in [0, 0.05) is 11.7 Å². The lowest BCUT2D eigenvalue weighted by atomic mass is 10.2. The van der Waals surface area contributed by atoms with Crippen LogP contribution in [0.15, 0.2) is 58.5 Å². The van der Waals surface area contributed by atoms with Crippen molar-refractivity contribution >= 4 is 34.3 Å². The van der Waals surface area contributed by atoms with Crippen LogP contribution < -0.4 is 15.6 Å². The Balaban J connectivity index is 1.81. The Labute approximate surface area is 174 Å². The number of ether oxygens (including phenoxy) is 1. The zero-order valence-corrected chi connectivity index (χ0v) is 17.8. The molecule has 0 bridgehead atoms. The number of carbonyl (C=O) groups is 1. The van der Waals surface area contributed by atoms with Crippen molar-refractivity contribution in [1.29, 1.82) is 0 Å². The summed E-state index contributed by atoms with van der Waals surface area (Å²) in [6, 6.07) is 14.5. The van der Waals surface area contributed by atoms with Gasteiger partial charge in [-0.3, -0.25) is 14.2 Å². The summed E-state index contributed by atoms with van der Waals surface area (Å²) in [5.41, 5.74) is 1.24. The summed E-state index contributed by atoms with van der Waals surface area (Å²) in [5.74, 6) is 0.603. The van der Waals surface area contributed by atoms with E-state index in [2.05, 4.69) is 10.3 Å². The summed E-state index contributed by atoms with van der Waals surface area (Å²) in [6.07, 6.45) is 0. The van der Waals surface area contributed by atoms with Gasteiger partial charge in [-0.15, -0.1) is 0 Å². The Morgan fingerprint density at radius 2 is 1.83 bits per heavy atom. The number of fused-ring (bicyclic) bond motifs is 1. The van der Waals surface area contributed by atoms with Crippen LogP contribution in [0.5, 0.6) is 5.75 Å². The molecular weight excluding hydrogens is 386 g/mol.